The summed E-state index contributed by atoms with van der Waals surface area (Å²) in [5.41, 5.74) is 7.50. The molecule has 3 nitrogen and oxygen atoms in total. The fourth-order valence-corrected chi connectivity index (χ4v) is 2.36. The summed E-state index contributed by atoms with van der Waals surface area (Å²) in [6, 6.07) is 2.02. The molecule has 0 aromatic carbocycles. The third-order valence-electron chi connectivity index (χ3n) is 1.84. The minimum Gasteiger partial charge on any atom is -0.330 e. The molecule has 0 radical (unpaired) electrons. The van der Waals surface area contributed by atoms with Crippen molar-refractivity contribution in [3.8, 4) is 0 Å². The molecule has 78 valence electrons. The average Bonchev–Trinajstić information content (AvgIpc) is 2.15. The smallest absolute Gasteiger partial charge is 0.0500 e. The van der Waals surface area contributed by atoms with E-state index in [0.717, 1.165) is 17.5 Å². The van der Waals surface area contributed by atoms with Crippen LogP contribution in [-0.2, 0) is 16.6 Å². The Morgan fingerprint density at radius 3 is 2.93 bits per heavy atom. The third-order valence-corrected chi connectivity index (χ3v) is 3.23. The van der Waals surface area contributed by atoms with Crippen molar-refractivity contribution < 1.29 is 4.21 Å². The first-order valence-electron chi connectivity index (χ1n) is 4.68. The Morgan fingerprint density at radius 2 is 2.29 bits per heavy atom. The van der Waals surface area contributed by atoms with Crippen molar-refractivity contribution in [2.45, 2.75) is 19.1 Å². The van der Waals surface area contributed by atoms with E-state index in [2.05, 4.69) is 4.98 Å². The molecule has 0 aliphatic carbocycles. The van der Waals surface area contributed by atoms with E-state index in [0.29, 0.717) is 18.1 Å². The first-order chi connectivity index (χ1) is 6.72. The van der Waals surface area contributed by atoms with Crippen molar-refractivity contribution in [3.63, 3.8) is 0 Å². The van der Waals surface area contributed by atoms with Gasteiger partial charge in [-0.1, -0.05) is 6.07 Å². The number of hydrogen-bond donors (Lipinski definition) is 1. The van der Waals surface area contributed by atoms with Gasteiger partial charge in [-0.2, -0.15) is 0 Å². The Hall–Kier alpha value is -0.740. The van der Waals surface area contributed by atoms with E-state index in [1.165, 1.54) is 0 Å². The molecule has 0 saturated carbocycles. The SMILES string of the molecule is Cc1cncc(CS(=O)CCCN)c1. The molecule has 0 saturated heterocycles. The summed E-state index contributed by atoms with van der Waals surface area (Å²) < 4.78 is 11.5. The minimum absolute atomic E-state index is 0.592. The van der Waals surface area contributed by atoms with Gasteiger partial charge in [-0.25, -0.2) is 0 Å². The molecule has 1 aromatic rings. The van der Waals surface area contributed by atoms with Crippen LogP contribution in [0.3, 0.4) is 0 Å². The molecule has 14 heavy (non-hydrogen) atoms. The molecule has 1 heterocycles. The second kappa shape index (κ2) is 5.88. The van der Waals surface area contributed by atoms with Gasteiger partial charge < -0.3 is 5.73 Å². The Bertz CT molecular complexity index is 315. The number of aromatic nitrogens is 1. The predicted octanol–water partition coefficient (Wildman–Crippen LogP) is 0.988. The van der Waals surface area contributed by atoms with Gasteiger partial charge in [-0.05, 0) is 31.0 Å². The summed E-state index contributed by atoms with van der Waals surface area (Å²) in [6.45, 7) is 2.59. The molecular weight excluding hydrogens is 196 g/mol. The molecule has 0 bridgehead atoms. The molecule has 0 spiro atoms. The second-order valence-corrected chi connectivity index (χ2v) is 4.88. The van der Waals surface area contributed by atoms with Crippen molar-refractivity contribution in [2.75, 3.05) is 12.3 Å². The maximum Gasteiger partial charge on any atom is 0.0500 e. The molecule has 0 aliphatic heterocycles. The topological polar surface area (TPSA) is 56.0 Å². The van der Waals surface area contributed by atoms with Crippen LogP contribution in [0.4, 0.5) is 0 Å². The number of nitrogens with two attached hydrogens (primary N) is 1. The molecule has 1 unspecified atom stereocenters. The largest absolute Gasteiger partial charge is 0.330 e. The molecule has 0 fully saturated rings. The lowest BCUT2D eigenvalue weighted by molar-refractivity contribution is 0.680. The lowest BCUT2D eigenvalue weighted by Gasteiger charge is -2.01. The van der Waals surface area contributed by atoms with Gasteiger partial charge in [0.25, 0.3) is 0 Å². The third kappa shape index (κ3) is 3.98. The van der Waals surface area contributed by atoms with E-state index >= 15 is 0 Å². The summed E-state index contributed by atoms with van der Waals surface area (Å²) in [5, 5.41) is 0. The van der Waals surface area contributed by atoms with E-state index in [9.17, 15) is 4.21 Å². The monoisotopic (exact) mass is 212 g/mol. The second-order valence-electron chi connectivity index (χ2n) is 3.30. The highest BCUT2D eigenvalue weighted by atomic mass is 32.2. The van der Waals surface area contributed by atoms with Crippen LogP contribution in [0.15, 0.2) is 18.5 Å². The van der Waals surface area contributed by atoms with Crippen LogP contribution in [0, 0.1) is 6.92 Å². The van der Waals surface area contributed by atoms with E-state index in [4.69, 9.17) is 5.73 Å². The zero-order chi connectivity index (χ0) is 10.4. The quantitative estimate of drug-likeness (QED) is 0.792. The Balaban J connectivity index is 2.47. The van der Waals surface area contributed by atoms with Gasteiger partial charge in [0, 0.05) is 28.9 Å². The number of pyridine rings is 1. The van der Waals surface area contributed by atoms with E-state index < -0.39 is 10.8 Å². The molecule has 0 amide bonds. The van der Waals surface area contributed by atoms with Crippen molar-refractivity contribution in [1.29, 1.82) is 0 Å². The van der Waals surface area contributed by atoms with Gasteiger partial charge in [-0.15, -0.1) is 0 Å². The lowest BCUT2D eigenvalue weighted by Crippen LogP contribution is -2.07. The molecular formula is C10H16N2OS. The fourth-order valence-electron chi connectivity index (χ4n) is 1.20. The molecule has 1 rings (SSSR count). The summed E-state index contributed by atoms with van der Waals surface area (Å²) in [6.07, 6.45) is 4.39. The van der Waals surface area contributed by atoms with Crippen molar-refractivity contribution in [3.05, 3.63) is 29.6 Å². The molecule has 1 atom stereocenters. The zero-order valence-electron chi connectivity index (χ0n) is 8.40. The number of hydrogen-bond acceptors (Lipinski definition) is 3. The van der Waals surface area contributed by atoms with Crippen LogP contribution in [0.2, 0.25) is 0 Å². The zero-order valence-corrected chi connectivity index (χ0v) is 9.22. The average molecular weight is 212 g/mol. The van der Waals surface area contributed by atoms with Crippen LogP contribution >= 0.6 is 0 Å². The van der Waals surface area contributed by atoms with Crippen molar-refractivity contribution in [2.24, 2.45) is 5.73 Å². The van der Waals surface area contributed by atoms with Crippen LogP contribution in [0.25, 0.3) is 0 Å². The standard InChI is InChI=1S/C10H16N2OS/c1-9-5-10(7-12-6-9)8-14(13)4-2-3-11/h5-7H,2-4,8,11H2,1H3. The molecule has 2 N–H and O–H groups in total. The summed E-state index contributed by atoms with van der Waals surface area (Å²) >= 11 is 0. The number of aryl methyl sites for hydroxylation is 1. The summed E-state index contributed by atoms with van der Waals surface area (Å²) in [5.74, 6) is 1.28. The van der Waals surface area contributed by atoms with E-state index in [1.807, 2.05) is 13.0 Å². The van der Waals surface area contributed by atoms with E-state index in [-0.39, 0.29) is 0 Å². The predicted molar refractivity (Wildman–Crippen MR) is 59.4 cm³/mol. The summed E-state index contributed by atoms with van der Waals surface area (Å²) in [7, 11) is -0.799. The summed E-state index contributed by atoms with van der Waals surface area (Å²) in [4.78, 5) is 4.06. The van der Waals surface area contributed by atoms with Crippen LogP contribution in [0.5, 0.6) is 0 Å². The van der Waals surface area contributed by atoms with Gasteiger partial charge in [-0.3, -0.25) is 9.19 Å². The minimum atomic E-state index is -0.799. The number of rotatable bonds is 5. The maximum absolute atomic E-state index is 11.5. The number of nitrogens with zero attached hydrogens (tertiary/aromatic N) is 1. The Kier molecular flexibility index (Phi) is 4.76. The van der Waals surface area contributed by atoms with Crippen LogP contribution in [0.1, 0.15) is 17.5 Å². The molecule has 4 heteroatoms. The molecule has 0 aliphatic rings. The first-order valence-corrected chi connectivity index (χ1v) is 6.16. The fraction of sp³-hybridized carbons (Fsp3) is 0.500. The van der Waals surface area contributed by atoms with Gasteiger partial charge in [0.2, 0.25) is 0 Å². The molecule has 1 aromatic heterocycles. The Labute approximate surface area is 87.2 Å². The highest BCUT2D eigenvalue weighted by Gasteiger charge is 2.01. The lowest BCUT2D eigenvalue weighted by atomic mass is 10.2. The van der Waals surface area contributed by atoms with Gasteiger partial charge >= 0.3 is 0 Å². The first kappa shape index (κ1) is 11.3. The van der Waals surface area contributed by atoms with Gasteiger partial charge in [0.05, 0.1) is 5.75 Å². The van der Waals surface area contributed by atoms with E-state index in [1.54, 1.807) is 12.4 Å². The van der Waals surface area contributed by atoms with Gasteiger partial charge in [0.1, 0.15) is 0 Å². The highest BCUT2D eigenvalue weighted by molar-refractivity contribution is 7.84. The normalized spacial score (nSPS) is 12.7. The highest BCUT2D eigenvalue weighted by Crippen LogP contribution is 2.05. The van der Waals surface area contributed by atoms with Crippen molar-refractivity contribution >= 4 is 10.8 Å². The van der Waals surface area contributed by atoms with Gasteiger partial charge in [0.15, 0.2) is 0 Å². The van der Waals surface area contributed by atoms with Crippen LogP contribution < -0.4 is 5.73 Å². The van der Waals surface area contributed by atoms with Crippen molar-refractivity contribution in [1.82, 2.24) is 4.98 Å². The van der Waals surface area contributed by atoms with Crippen LogP contribution in [-0.4, -0.2) is 21.5 Å². The maximum atomic E-state index is 11.5. The Morgan fingerprint density at radius 1 is 1.50 bits per heavy atom.